The first kappa shape index (κ1) is 23.0. The first-order valence-corrected chi connectivity index (χ1v) is 11.9. The zero-order valence-corrected chi connectivity index (χ0v) is 20.3. The maximum atomic E-state index is 15.6. The van der Waals surface area contributed by atoms with Crippen LogP contribution in [0.3, 0.4) is 0 Å². The molecule has 0 saturated carbocycles. The molecule has 0 radical (unpaired) electrons. The van der Waals surface area contributed by atoms with Crippen molar-refractivity contribution in [1.29, 1.82) is 5.26 Å². The zero-order chi connectivity index (χ0) is 25.8. The van der Waals surface area contributed by atoms with Crippen molar-refractivity contribution in [2.24, 2.45) is 0 Å². The molecule has 186 valence electrons. The summed E-state index contributed by atoms with van der Waals surface area (Å²) in [5.41, 5.74) is 2.86. The highest BCUT2D eigenvalue weighted by molar-refractivity contribution is 6.36. The third-order valence-electron chi connectivity index (χ3n) is 6.81. The fourth-order valence-electron chi connectivity index (χ4n) is 4.98. The van der Waals surface area contributed by atoms with E-state index in [-0.39, 0.29) is 59.9 Å². The highest BCUT2D eigenvalue weighted by Crippen LogP contribution is 2.44. The maximum Gasteiger partial charge on any atom is 0.329 e. The third kappa shape index (κ3) is 3.60. The fraction of sp³-hybridized carbons (Fsp3) is 0.240. The molecular weight excluding hydrogens is 501 g/mol. The van der Waals surface area contributed by atoms with Crippen LogP contribution in [0.1, 0.15) is 21.6 Å². The van der Waals surface area contributed by atoms with Crippen LogP contribution in [0.4, 0.5) is 9.18 Å². The van der Waals surface area contributed by atoms with Crippen molar-refractivity contribution in [2.75, 3.05) is 26.2 Å². The average molecular weight is 520 g/mol. The average Bonchev–Trinajstić information content (AvgIpc) is 3.55. The molecule has 2 aliphatic heterocycles. The summed E-state index contributed by atoms with van der Waals surface area (Å²) >= 11 is 6.74. The standard InChI is InChI=1S/C25H19ClFN7O3/c1-13-2-3-18-22(30-11-29-18)19(13)20-17(27)6-16-23(21(20)26)37-10-15-9-32(4-5-34(15)24(16)35)25(36)33-8-14(7-28)31-12-33/h2-3,6,8,11-12,15H,4-5,9-10H2,1H3,(H,29,30). The van der Waals surface area contributed by atoms with Gasteiger partial charge in [-0.2, -0.15) is 5.26 Å². The summed E-state index contributed by atoms with van der Waals surface area (Å²) in [6.45, 7) is 2.57. The number of fused-ring (bicyclic) bond motifs is 3. The van der Waals surface area contributed by atoms with E-state index in [0.29, 0.717) is 11.1 Å². The van der Waals surface area contributed by atoms with Gasteiger partial charge in [-0.15, -0.1) is 0 Å². The van der Waals surface area contributed by atoms with Gasteiger partial charge < -0.3 is 19.5 Å². The molecule has 1 atom stereocenters. The summed E-state index contributed by atoms with van der Waals surface area (Å²) in [6.07, 6.45) is 4.16. The number of aryl methyl sites for hydroxylation is 1. The van der Waals surface area contributed by atoms with Gasteiger partial charge in [-0.25, -0.2) is 19.2 Å². The summed E-state index contributed by atoms with van der Waals surface area (Å²) < 4.78 is 22.9. The van der Waals surface area contributed by atoms with Gasteiger partial charge in [0.1, 0.15) is 24.8 Å². The number of hydrogen-bond acceptors (Lipinski definition) is 6. The van der Waals surface area contributed by atoms with E-state index in [1.165, 1.54) is 29.5 Å². The predicted octanol–water partition coefficient (Wildman–Crippen LogP) is 3.59. The molecule has 2 amide bonds. The predicted molar refractivity (Wildman–Crippen MR) is 131 cm³/mol. The molecule has 4 heterocycles. The minimum absolute atomic E-state index is 0.00261. The van der Waals surface area contributed by atoms with Crippen LogP contribution in [0.15, 0.2) is 37.1 Å². The number of benzene rings is 2. The number of aromatic amines is 1. The maximum absolute atomic E-state index is 15.6. The Hall–Kier alpha value is -4.43. The summed E-state index contributed by atoms with van der Waals surface area (Å²) in [5, 5.41) is 8.98. The number of carbonyl (C=O) groups excluding carboxylic acids is 2. The van der Waals surface area contributed by atoms with Gasteiger partial charge >= 0.3 is 6.03 Å². The Bertz CT molecular complexity index is 1640. The van der Waals surface area contributed by atoms with E-state index in [0.717, 1.165) is 11.1 Å². The highest BCUT2D eigenvalue weighted by atomic mass is 35.5. The van der Waals surface area contributed by atoms with Crippen molar-refractivity contribution >= 4 is 34.6 Å². The summed E-state index contributed by atoms with van der Waals surface area (Å²) in [6, 6.07) is 5.91. The van der Waals surface area contributed by atoms with Gasteiger partial charge in [-0.3, -0.25) is 9.36 Å². The first-order chi connectivity index (χ1) is 17.9. The van der Waals surface area contributed by atoms with Gasteiger partial charge in [-0.1, -0.05) is 17.7 Å². The Morgan fingerprint density at radius 3 is 2.92 bits per heavy atom. The van der Waals surface area contributed by atoms with Gasteiger partial charge in [0.25, 0.3) is 5.91 Å². The molecule has 1 fully saturated rings. The second kappa shape index (κ2) is 8.60. The Morgan fingerprint density at radius 2 is 2.14 bits per heavy atom. The number of halogens is 2. The number of imidazole rings is 2. The van der Waals surface area contributed by atoms with Gasteiger partial charge in [-0.05, 0) is 24.6 Å². The summed E-state index contributed by atoms with van der Waals surface area (Å²) in [5.74, 6) is -0.962. The van der Waals surface area contributed by atoms with Crippen molar-refractivity contribution in [2.45, 2.75) is 13.0 Å². The number of carbonyl (C=O) groups is 2. The summed E-state index contributed by atoms with van der Waals surface area (Å²) in [4.78, 5) is 40.8. The monoisotopic (exact) mass is 519 g/mol. The molecule has 2 aromatic heterocycles. The van der Waals surface area contributed by atoms with Crippen LogP contribution >= 0.6 is 11.6 Å². The largest absolute Gasteiger partial charge is 0.489 e. The molecule has 0 bridgehead atoms. The van der Waals surface area contributed by atoms with Gasteiger partial charge in [0.2, 0.25) is 0 Å². The lowest BCUT2D eigenvalue weighted by atomic mass is 9.96. The molecule has 4 aromatic rings. The van der Waals surface area contributed by atoms with E-state index in [9.17, 15) is 9.59 Å². The molecule has 0 spiro atoms. The van der Waals surface area contributed by atoms with E-state index < -0.39 is 17.8 Å². The lowest BCUT2D eigenvalue weighted by Gasteiger charge is -2.39. The van der Waals surface area contributed by atoms with Crippen LogP contribution < -0.4 is 4.74 Å². The Labute approximate surface area is 214 Å². The number of ether oxygens (including phenoxy) is 1. The molecule has 37 heavy (non-hydrogen) atoms. The van der Waals surface area contributed by atoms with Crippen molar-refractivity contribution in [3.8, 4) is 22.9 Å². The fourth-order valence-corrected chi connectivity index (χ4v) is 5.32. The normalized spacial score (nSPS) is 17.1. The minimum Gasteiger partial charge on any atom is -0.489 e. The van der Waals surface area contributed by atoms with E-state index in [4.69, 9.17) is 21.6 Å². The van der Waals surface area contributed by atoms with Gasteiger partial charge in [0.05, 0.1) is 40.2 Å². The third-order valence-corrected chi connectivity index (χ3v) is 7.17. The molecule has 2 aromatic carbocycles. The molecule has 2 aliphatic rings. The lowest BCUT2D eigenvalue weighted by molar-refractivity contribution is 0.0455. The Balaban J connectivity index is 1.35. The number of piperazine rings is 1. The number of nitriles is 1. The number of nitrogens with one attached hydrogen (secondary N) is 1. The molecule has 1 saturated heterocycles. The van der Waals surface area contributed by atoms with Gasteiger partial charge in [0, 0.05) is 30.8 Å². The number of amides is 2. The Kier molecular flexibility index (Phi) is 5.35. The van der Waals surface area contributed by atoms with Crippen LogP contribution in [0.5, 0.6) is 5.75 Å². The molecule has 6 rings (SSSR count). The molecule has 1 N–H and O–H groups in total. The number of aromatic nitrogens is 4. The molecular formula is C25H19ClFN7O3. The van der Waals surface area contributed by atoms with Crippen LogP contribution in [0.25, 0.3) is 22.2 Å². The molecule has 10 nitrogen and oxygen atoms in total. The van der Waals surface area contributed by atoms with Crippen molar-refractivity contribution < 1.29 is 18.7 Å². The second-order valence-corrected chi connectivity index (χ2v) is 9.33. The van der Waals surface area contributed by atoms with Gasteiger partial charge in [0.15, 0.2) is 11.4 Å². The number of H-pyrrole nitrogens is 1. The van der Waals surface area contributed by atoms with E-state index >= 15 is 4.39 Å². The van der Waals surface area contributed by atoms with Crippen LogP contribution in [-0.4, -0.2) is 73.5 Å². The first-order valence-electron chi connectivity index (χ1n) is 11.5. The van der Waals surface area contributed by atoms with E-state index in [1.54, 1.807) is 9.80 Å². The Morgan fingerprint density at radius 1 is 1.30 bits per heavy atom. The molecule has 1 unspecified atom stereocenters. The quantitative estimate of drug-likeness (QED) is 0.410. The second-order valence-electron chi connectivity index (χ2n) is 8.95. The zero-order valence-electron chi connectivity index (χ0n) is 19.5. The highest BCUT2D eigenvalue weighted by Gasteiger charge is 2.39. The number of rotatable bonds is 1. The van der Waals surface area contributed by atoms with Crippen molar-refractivity contribution in [1.82, 2.24) is 29.3 Å². The van der Waals surface area contributed by atoms with Crippen molar-refractivity contribution in [3.63, 3.8) is 0 Å². The summed E-state index contributed by atoms with van der Waals surface area (Å²) in [7, 11) is 0. The molecule has 0 aliphatic carbocycles. The van der Waals surface area contributed by atoms with Crippen molar-refractivity contribution in [3.05, 3.63) is 64.7 Å². The van der Waals surface area contributed by atoms with E-state index in [1.807, 2.05) is 25.1 Å². The number of hydrogen-bond donors (Lipinski definition) is 1. The van der Waals surface area contributed by atoms with E-state index in [2.05, 4.69) is 15.0 Å². The van der Waals surface area contributed by atoms with Crippen LogP contribution in [0.2, 0.25) is 5.02 Å². The minimum atomic E-state index is -0.653. The van der Waals surface area contributed by atoms with Crippen LogP contribution in [-0.2, 0) is 0 Å². The van der Waals surface area contributed by atoms with Crippen LogP contribution in [0, 0.1) is 24.1 Å². The number of nitrogens with zero attached hydrogens (tertiary/aromatic N) is 6. The molecule has 12 heteroatoms. The smallest absolute Gasteiger partial charge is 0.329 e. The SMILES string of the molecule is Cc1ccc2[nH]cnc2c1-c1c(F)cc2c(c1Cl)OCC1CN(C(=O)n3cnc(C#N)c3)CCN1C2=O. The lowest BCUT2D eigenvalue weighted by Crippen LogP contribution is -2.58. The topological polar surface area (TPSA) is 120 Å².